The normalized spacial score (nSPS) is 15.5. The summed E-state index contributed by atoms with van der Waals surface area (Å²) in [6.07, 6.45) is 3.79. The Balaban J connectivity index is 1.82. The largest absolute Gasteiger partial charge is 0.366 e. The average Bonchev–Trinajstić information content (AvgIpc) is 2.92. The number of aromatic nitrogens is 3. The van der Waals surface area contributed by atoms with Gasteiger partial charge >= 0.3 is 0 Å². The quantitative estimate of drug-likeness (QED) is 0.773. The second-order valence-corrected chi connectivity index (χ2v) is 4.62. The molecule has 0 radical (unpaired) electrons. The van der Waals surface area contributed by atoms with E-state index >= 15 is 0 Å². The molecule has 1 fully saturated rings. The minimum Gasteiger partial charge on any atom is -0.366 e. The molecule has 100 valence electrons. The number of hydrogen-bond acceptors (Lipinski definition) is 5. The Morgan fingerprint density at radius 3 is 2.84 bits per heavy atom. The van der Waals surface area contributed by atoms with Crippen LogP contribution in [0.2, 0.25) is 0 Å². The molecule has 0 aromatic carbocycles. The number of anilines is 3. The molecule has 6 heteroatoms. The van der Waals surface area contributed by atoms with Gasteiger partial charge < -0.3 is 20.5 Å². The van der Waals surface area contributed by atoms with E-state index in [-0.39, 0.29) is 0 Å². The zero-order chi connectivity index (χ0) is 13.1. The van der Waals surface area contributed by atoms with Gasteiger partial charge in [-0.25, -0.2) is 9.97 Å². The number of aryl methyl sites for hydroxylation is 1. The van der Waals surface area contributed by atoms with Gasteiger partial charge in [0, 0.05) is 44.6 Å². The SMILES string of the molecule is Cc1nc(Nc2cc[nH]c2)cc(N2CCNCC2)n1. The summed E-state index contributed by atoms with van der Waals surface area (Å²) >= 11 is 0. The fourth-order valence-corrected chi connectivity index (χ4v) is 2.22. The van der Waals surface area contributed by atoms with Crippen LogP contribution in [0.3, 0.4) is 0 Å². The number of nitrogens with one attached hydrogen (secondary N) is 3. The summed E-state index contributed by atoms with van der Waals surface area (Å²) in [6, 6.07) is 3.98. The minimum atomic E-state index is 0.786. The smallest absolute Gasteiger partial charge is 0.136 e. The van der Waals surface area contributed by atoms with Crippen LogP contribution >= 0.6 is 0 Å². The van der Waals surface area contributed by atoms with E-state index < -0.39 is 0 Å². The van der Waals surface area contributed by atoms with Crippen molar-refractivity contribution in [3.8, 4) is 0 Å². The highest BCUT2D eigenvalue weighted by Gasteiger charge is 2.13. The molecule has 0 saturated carbocycles. The van der Waals surface area contributed by atoms with Crippen molar-refractivity contribution < 1.29 is 0 Å². The number of nitrogens with zero attached hydrogens (tertiary/aromatic N) is 3. The van der Waals surface area contributed by atoms with Crippen molar-refractivity contribution in [1.29, 1.82) is 0 Å². The van der Waals surface area contributed by atoms with Gasteiger partial charge in [0.2, 0.25) is 0 Å². The lowest BCUT2D eigenvalue weighted by Gasteiger charge is -2.28. The molecule has 19 heavy (non-hydrogen) atoms. The molecule has 3 N–H and O–H groups in total. The second-order valence-electron chi connectivity index (χ2n) is 4.62. The van der Waals surface area contributed by atoms with E-state index in [1.807, 2.05) is 31.5 Å². The van der Waals surface area contributed by atoms with Gasteiger partial charge in [0.25, 0.3) is 0 Å². The Bertz CT molecular complexity index is 530. The zero-order valence-electron chi connectivity index (χ0n) is 11.0. The van der Waals surface area contributed by atoms with E-state index in [1.165, 1.54) is 0 Å². The third kappa shape index (κ3) is 2.85. The fraction of sp³-hybridized carbons (Fsp3) is 0.385. The summed E-state index contributed by atoms with van der Waals surface area (Å²) in [5.74, 6) is 2.61. The van der Waals surface area contributed by atoms with Crippen molar-refractivity contribution in [2.75, 3.05) is 36.4 Å². The van der Waals surface area contributed by atoms with Crippen LogP contribution in [0.25, 0.3) is 0 Å². The highest BCUT2D eigenvalue weighted by molar-refractivity contribution is 5.59. The first-order valence-electron chi connectivity index (χ1n) is 6.52. The number of hydrogen-bond donors (Lipinski definition) is 3. The Hall–Kier alpha value is -2.08. The monoisotopic (exact) mass is 258 g/mol. The van der Waals surface area contributed by atoms with Gasteiger partial charge in [0.15, 0.2) is 0 Å². The van der Waals surface area contributed by atoms with Gasteiger partial charge in [0.1, 0.15) is 17.5 Å². The number of aromatic amines is 1. The van der Waals surface area contributed by atoms with Crippen LogP contribution in [-0.4, -0.2) is 41.1 Å². The third-order valence-electron chi connectivity index (χ3n) is 3.14. The summed E-state index contributed by atoms with van der Waals surface area (Å²) in [7, 11) is 0. The molecule has 2 aromatic rings. The topological polar surface area (TPSA) is 68.9 Å². The first kappa shape index (κ1) is 12.0. The molecule has 2 aromatic heterocycles. The Morgan fingerprint density at radius 1 is 1.26 bits per heavy atom. The summed E-state index contributed by atoms with van der Waals surface area (Å²) in [5.41, 5.74) is 1.00. The van der Waals surface area contributed by atoms with Gasteiger partial charge in [-0.2, -0.15) is 0 Å². The van der Waals surface area contributed by atoms with Gasteiger partial charge in [-0.3, -0.25) is 0 Å². The van der Waals surface area contributed by atoms with Crippen molar-refractivity contribution >= 4 is 17.3 Å². The van der Waals surface area contributed by atoms with Crippen molar-refractivity contribution in [2.45, 2.75) is 6.92 Å². The molecule has 6 nitrogen and oxygen atoms in total. The van der Waals surface area contributed by atoms with Crippen LogP contribution in [0.4, 0.5) is 17.3 Å². The van der Waals surface area contributed by atoms with Crippen LogP contribution in [0, 0.1) is 6.92 Å². The van der Waals surface area contributed by atoms with Crippen molar-refractivity contribution in [1.82, 2.24) is 20.3 Å². The molecule has 0 amide bonds. The van der Waals surface area contributed by atoms with Crippen LogP contribution < -0.4 is 15.5 Å². The number of H-pyrrole nitrogens is 1. The van der Waals surface area contributed by atoms with Gasteiger partial charge in [-0.15, -0.1) is 0 Å². The molecule has 3 rings (SSSR count). The molecular weight excluding hydrogens is 240 g/mol. The van der Waals surface area contributed by atoms with Crippen molar-refractivity contribution in [3.63, 3.8) is 0 Å². The lowest BCUT2D eigenvalue weighted by molar-refractivity contribution is 0.584. The molecule has 1 aliphatic heterocycles. The van der Waals surface area contributed by atoms with E-state index in [9.17, 15) is 0 Å². The Labute approximate surface area is 112 Å². The van der Waals surface area contributed by atoms with E-state index in [0.717, 1.165) is 49.3 Å². The summed E-state index contributed by atoms with van der Waals surface area (Å²) < 4.78 is 0. The van der Waals surface area contributed by atoms with E-state index in [0.29, 0.717) is 0 Å². The first-order chi connectivity index (χ1) is 9.31. The Morgan fingerprint density at radius 2 is 2.11 bits per heavy atom. The third-order valence-corrected chi connectivity index (χ3v) is 3.14. The minimum absolute atomic E-state index is 0.786. The average molecular weight is 258 g/mol. The molecule has 3 heterocycles. The van der Waals surface area contributed by atoms with Gasteiger partial charge in [-0.1, -0.05) is 0 Å². The number of piperazine rings is 1. The maximum atomic E-state index is 4.53. The van der Waals surface area contributed by atoms with Crippen molar-refractivity contribution in [3.05, 3.63) is 30.4 Å². The molecule has 1 aliphatic rings. The molecule has 0 aliphatic carbocycles. The Kier molecular flexibility index (Phi) is 3.33. The maximum absolute atomic E-state index is 4.53. The van der Waals surface area contributed by atoms with Crippen LogP contribution in [0.1, 0.15) is 5.82 Å². The molecule has 0 spiro atoms. The predicted octanol–water partition coefficient (Wildman–Crippen LogP) is 1.27. The molecular formula is C13H18N6. The second kappa shape index (κ2) is 5.27. The lowest BCUT2D eigenvalue weighted by atomic mass is 10.3. The zero-order valence-corrected chi connectivity index (χ0v) is 11.0. The van der Waals surface area contributed by atoms with Gasteiger partial charge in [0.05, 0.1) is 5.69 Å². The molecule has 1 saturated heterocycles. The first-order valence-corrected chi connectivity index (χ1v) is 6.52. The standard InChI is InChI=1S/C13H18N6/c1-10-16-12(18-11-2-3-15-9-11)8-13(17-10)19-6-4-14-5-7-19/h2-3,8-9,14-15H,4-7H2,1H3,(H,16,17,18). The van der Waals surface area contributed by atoms with Gasteiger partial charge in [-0.05, 0) is 13.0 Å². The molecule has 0 unspecified atom stereocenters. The van der Waals surface area contributed by atoms with Crippen LogP contribution in [0.15, 0.2) is 24.5 Å². The summed E-state index contributed by atoms with van der Waals surface area (Å²) in [4.78, 5) is 14.3. The number of rotatable bonds is 3. The van der Waals surface area contributed by atoms with Crippen LogP contribution in [-0.2, 0) is 0 Å². The predicted molar refractivity (Wildman–Crippen MR) is 75.9 cm³/mol. The maximum Gasteiger partial charge on any atom is 0.136 e. The summed E-state index contributed by atoms with van der Waals surface area (Å²) in [5, 5.41) is 6.62. The molecule has 0 bridgehead atoms. The fourth-order valence-electron chi connectivity index (χ4n) is 2.22. The van der Waals surface area contributed by atoms with E-state index in [4.69, 9.17) is 0 Å². The highest BCUT2D eigenvalue weighted by atomic mass is 15.2. The van der Waals surface area contributed by atoms with Crippen molar-refractivity contribution in [2.24, 2.45) is 0 Å². The van der Waals surface area contributed by atoms with E-state index in [1.54, 1.807) is 0 Å². The summed E-state index contributed by atoms with van der Waals surface area (Å²) in [6.45, 7) is 5.90. The lowest BCUT2D eigenvalue weighted by Crippen LogP contribution is -2.44. The van der Waals surface area contributed by atoms with Crippen LogP contribution in [0.5, 0.6) is 0 Å². The molecule has 0 atom stereocenters. The highest BCUT2D eigenvalue weighted by Crippen LogP contribution is 2.19. The van der Waals surface area contributed by atoms with E-state index in [2.05, 4.69) is 30.5 Å².